The van der Waals surface area contributed by atoms with Crippen LogP contribution in [0.5, 0.6) is 5.75 Å². The van der Waals surface area contributed by atoms with Crippen molar-refractivity contribution in [3.05, 3.63) is 77.6 Å². The maximum Gasteiger partial charge on any atom is 0.416 e. The topological polar surface area (TPSA) is 83.9 Å². The molecule has 0 radical (unpaired) electrons. The van der Waals surface area contributed by atoms with Gasteiger partial charge in [0, 0.05) is 6.42 Å². The number of nitrogens with zero attached hydrogens (tertiary/aromatic N) is 1. The molecule has 1 aliphatic rings. The molecule has 6 nitrogen and oxygen atoms in total. The van der Waals surface area contributed by atoms with Crippen LogP contribution in [-0.4, -0.2) is 32.1 Å². The SMILES string of the molecule is Cc1cc(F)cc(-c2ccc3c(c2)N(S(=O)(=O)c2cccc(C(F)(F)F)c2)CC(CCC(=O)O)O3)c1. The van der Waals surface area contributed by atoms with Crippen molar-refractivity contribution < 1.29 is 40.6 Å². The van der Waals surface area contributed by atoms with E-state index in [-0.39, 0.29) is 30.8 Å². The van der Waals surface area contributed by atoms with Gasteiger partial charge >= 0.3 is 12.1 Å². The highest BCUT2D eigenvalue weighted by Crippen LogP contribution is 2.41. The van der Waals surface area contributed by atoms with Crippen LogP contribution < -0.4 is 9.04 Å². The highest BCUT2D eigenvalue weighted by atomic mass is 32.2. The Morgan fingerprint density at radius 1 is 1.08 bits per heavy atom. The number of carboxylic acid groups (broad SMARTS) is 1. The average molecular weight is 524 g/mol. The van der Waals surface area contributed by atoms with Gasteiger partial charge in [0.25, 0.3) is 10.0 Å². The third-order valence-electron chi connectivity index (χ3n) is 5.70. The molecule has 0 fully saturated rings. The summed E-state index contributed by atoms with van der Waals surface area (Å²) in [7, 11) is -4.51. The summed E-state index contributed by atoms with van der Waals surface area (Å²) in [6.45, 7) is 1.38. The molecule has 0 aromatic heterocycles. The smallest absolute Gasteiger partial charge is 0.416 e. The zero-order valence-corrected chi connectivity index (χ0v) is 19.7. The van der Waals surface area contributed by atoms with E-state index in [0.29, 0.717) is 22.8 Å². The number of ether oxygens (including phenoxy) is 1. The van der Waals surface area contributed by atoms with Gasteiger partial charge in [-0.15, -0.1) is 0 Å². The number of benzene rings is 3. The lowest BCUT2D eigenvalue weighted by molar-refractivity contribution is -0.138. The van der Waals surface area contributed by atoms with Gasteiger partial charge < -0.3 is 9.84 Å². The summed E-state index contributed by atoms with van der Waals surface area (Å²) in [6, 6.07) is 12.2. The number of hydrogen-bond acceptors (Lipinski definition) is 4. The number of carboxylic acids is 1. The van der Waals surface area contributed by atoms with E-state index >= 15 is 0 Å². The molecule has 0 aliphatic carbocycles. The standard InChI is InChI=1S/C25H21F4NO5S/c1-15-9-17(11-19(26)10-15)16-5-7-23-22(12-16)30(14-20(35-23)6-8-24(31)32)36(33,34)21-4-2-3-18(13-21)25(27,28)29/h2-5,7,9-13,20H,6,8,14H2,1H3,(H,31,32). The predicted octanol–water partition coefficient (Wildman–Crippen LogP) is 5.64. The molecular weight excluding hydrogens is 502 g/mol. The zero-order chi connectivity index (χ0) is 26.3. The quantitative estimate of drug-likeness (QED) is 0.423. The first kappa shape index (κ1) is 25.5. The van der Waals surface area contributed by atoms with Crippen LogP contribution in [0.25, 0.3) is 11.1 Å². The fourth-order valence-electron chi connectivity index (χ4n) is 4.02. The second kappa shape index (κ2) is 9.45. The summed E-state index contributed by atoms with van der Waals surface area (Å²) in [6.07, 6.45) is -5.91. The number of aliphatic carboxylic acids is 1. The molecule has 190 valence electrons. The second-order valence-corrected chi connectivity index (χ2v) is 10.3. The van der Waals surface area contributed by atoms with E-state index in [1.165, 1.54) is 24.3 Å². The summed E-state index contributed by atoms with van der Waals surface area (Å²) >= 11 is 0. The predicted molar refractivity (Wildman–Crippen MR) is 124 cm³/mol. The minimum Gasteiger partial charge on any atom is -0.486 e. The Bertz CT molecular complexity index is 1400. The van der Waals surface area contributed by atoms with Crippen LogP contribution in [0.2, 0.25) is 0 Å². The van der Waals surface area contributed by atoms with Gasteiger partial charge in [0.2, 0.25) is 0 Å². The van der Waals surface area contributed by atoms with Crippen LogP contribution >= 0.6 is 0 Å². The normalized spacial score (nSPS) is 15.8. The molecule has 36 heavy (non-hydrogen) atoms. The highest BCUT2D eigenvalue weighted by molar-refractivity contribution is 7.92. The Hall–Kier alpha value is -3.60. The molecule has 0 bridgehead atoms. The molecule has 4 rings (SSSR count). The van der Waals surface area contributed by atoms with Crippen molar-refractivity contribution >= 4 is 21.7 Å². The molecule has 0 saturated carbocycles. The van der Waals surface area contributed by atoms with Crippen molar-refractivity contribution in [2.45, 2.75) is 36.9 Å². The largest absolute Gasteiger partial charge is 0.486 e. The van der Waals surface area contributed by atoms with E-state index in [0.717, 1.165) is 22.5 Å². The molecule has 1 aliphatic heterocycles. The molecule has 0 saturated heterocycles. The van der Waals surface area contributed by atoms with Crippen molar-refractivity contribution in [1.29, 1.82) is 0 Å². The maximum absolute atomic E-state index is 14.0. The lowest BCUT2D eigenvalue weighted by Gasteiger charge is -2.36. The minimum atomic E-state index is -4.75. The number of carbonyl (C=O) groups is 1. The molecule has 0 amide bonds. The van der Waals surface area contributed by atoms with Gasteiger partial charge in [-0.05, 0) is 72.5 Å². The fourth-order valence-corrected chi connectivity index (χ4v) is 5.56. The number of rotatable bonds is 6. The number of halogens is 4. The van der Waals surface area contributed by atoms with Crippen LogP contribution in [-0.2, 0) is 21.0 Å². The van der Waals surface area contributed by atoms with Crippen LogP contribution in [0, 0.1) is 12.7 Å². The van der Waals surface area contributed by atoms with Gasteiger partial charge in [0.15, 0.2) is 0 Å². The second-order valence-electron chi connectivity index (χ2n) is 8.43. The molecule has 11 heteroatoms. The molecule has 0 spiro atoms. The van der Waals surface area contributed by atoms with Gasteiger partial charge in [-0.1, -0.05) is 18.2 Å². The van der Waals surface area contributed by atoms with Crippen molar-refractivity contribution in [2.24, 2.45) is 0 Å². The summed E-state index contributed by atoms with van der Waals surface area (Å²) in [4.78, 5) is 10.5. The Morgan fingerprint density at radius 2 is 1.83 bits per heavy atom. The van der Waals surface area contributed by atoms with Crippen LogP contribution in [0.3, 0.4) is 0 Å². The lowest BCUT2D eigenvalue weighted by Crippen LogP contribution is -2.43. The minimum absolute atomic E-state index is 0.0196. The number of sulfonamides is 1. The molecule has 3 aromatic rings. The fraction of sp³-hybridized carbons (Fsp3) is 0.240. The van der Waals surface area contributed by atoms with E-state index in [2.05, 4.69) is 0 Å². The van der Waals surface area contributed by atoms with Crippen LogP contribution in [0.15, 0.2) is 65.6 Å². The Labute approximate surface area is 204 Å². The number of hydrogen-bond donors (Lipinski definition) is 1. The molecule has 1 atom stereocenters. The number of alkyl halides is 3. The molecular formula is C25H21F4NO5S. The Morgan fingerprint density at radius 3 is 2.50 bits per heavy atom. The summed E-state index contributed by atoms with van der Waals surface area (Å²) in [5, 5.41) is 9.03. The number of anilines is 1. The van der Waals surface area contributed by atoms with E-state index < -0.39 is 44.5 Å². The van der Waals surface area contributed by atoms with Crippen molar-refractivity contribution in [3.63, 3.8) is 0 Å². The lowest BCUT2D eigenvalue weighted by atomic mass is 10.0. The monoisotopic (exact) mass is 523 g/mol. The van der Waals surface area contributed by atoms with Crippen molar-refractivity contribution in [3.8, 4) is 16.9 Å². The van der Waals surface area contributed by atoms with E-state index in [4.69, 9.17) is 9.84 Å². The Kier molecular flexibility index (Phi) is 6.70. The van der Waals surface area contributed by atoms with Crippen LogP contribution in [0.1, 0.15) is 24.0 Å². The first-order valence-corrected chi connectivity index (χ1v) is 12.3. The molecule has 1 unspecified atom stereocenters. The van der Waals surface area contributed by atoms with E-state index in [1.807, 2.05) is 0 Å². The van der Waals surface area contributed by atoms with Crippen LogP contribution in [0.4, 0.5) is 23.2 Å². The molecule has 1 N–H and O–H groups in total. The average Bonchev–Trinajstić information content (AvgIpc) is 2.80. The number of fused-ring (bicyclic) bond motifs is 1. The van der Waals surface area contributed by atoms with Crippen molar-refractivity contribution in [1.82, 2.24) is 0 Å². The summed E-state index contributed by atoms with van der Waals surface area (Å²) in [5.41, 5.74) is 0.510. The third-order valence-corrected chi connectivity index (χ3v) is 7.47. The van der Waals surface area contributed by atoms with Gasteiger partial charge in [0.05, 0.1) is 22.7 Å². The van der Waals surface area contributed by atoms with Gasteiger partial charge in [-0.2, -0.15) is 13.2 Å². The zero-order valence-electron chi connectivity index (χ0n) is 18.9. The third kappa shape index (κ3) is 5.30. The molecule has 1 heterocycles. The van der Waals surface area contributed by atoms with Crippen molar-refractivity contribution in [2.75, 3.05) is 10.8 Å². The van der Waals surface area contributed by atoms with Gasteiger partial charge in [-0.25, -0.2) is 12.8 Å². The van der Waals surface area contributed by atoms with Gasteiger partial charge in [0.1, 0.15) is 17.7 Å². The van der Waals surface area contributed by atoms with E-state index in [9.17, 15) is 30.8 Å². The maximum atomic E-state index is 14.0. The van der Waals surface area contributed by atoms with Gasteiger partial charge in [-0.3, -0.25) is 9.10 Å². The molecule has 3 aromatic carbocycles. The first-order valence-electron chi connectivity index (χ1n) is 10.8. The Balaban J connectivity index is 1.82. The first-order chi connectivity index (χ1) is 16.8. The van der Waals surface area contributed by atoms with E-state index in [1.54, 1.807) is 19.1 Å². The number of aryl methyl sites for hydroxylation is 1. The highest BCUT2D eigenvalue weighted by Gasteiger charge is 2.37. The summed E-state index contributed by atoms with van der Waals surface area (Å²) < 4.78 is 87.8. The summed E-state index contributed by atoms with van der Waals surface area (Å²) in [5.74, 6) is -1.47.